The molecule has 0 radical (unpaired) electrons. The van der Waals surface area contributed by atoms with Crippen LogP contribution in [-0.4, -0.2) is 37.9 Å². The molecule has 5 heteroatoms. The molecule has 0 aliphatic heterocycles. The molecule has 1 fully saturated rings. The molecule has 1 aromatic carbocycles. The van der Waals surface area contributed by atoms with E-state index >= 15 is 0 Å². The Morgan fingerprint density at radius 3 is 2.27 bits per heavy atom. The van der Waals surface area contributed by atoms with Crippen molar-refractivity contribution in [3.63, 3.8) is 0 Å². The third-order valence-electron chi connectivity index (χ3n) is 4.68. The monoisotopic (exact) mass is 306 g/mol. The van der Waals surface area contributed by atoms with Crippen LogP contribution in [0.25, 0.3) is 0 Å². The molecule has 0 bridgehead atoms. The van der Waals surface area contributed by atoms with E-state index in [1.54, 1.807) is 0 Å². The summed E-state index contributed by atoms with van der Waals surface area (Å²) in [5.41, 5.74) is -0.188. The summed E-state index contributed by atoms with van der Waals surface area (Å²) >= 11 is 0. The second-order valence-electron chi connectivity index (χ2n) is 5.77. The molecule has 0 amide bonds. The van der Waals surface area contributed by atoms with Gasteiger partial charge in [-0.05, 0) is 36.7 Å². The fraction of sp³-hybridized carbons (Fsp3) is 0.529. The fourth-order valence-corrected chi connectivity index (χ4v) is 3.51. The molecule has 1 aliphatic carbocycles. The van der Waals surface area contributed by atoms with Crippen molar-refractivity contribution in [1.82, 2.24) is 0 Å². The van der Waals surface area contributed by atoms with Gasteiger partial charge in [0.1, 0.15) is 0 Å². The Kier molecular flexibility index (Phi) is 5.19. The molecule has 120 valence electrons. The predicted octanol–water partition coefficient (Wildman–Crippen LogP) is 1.89. The molecule has 5 nitrogen and oxygen atoms in total. The van der Waals surface area contributed by atoms with Crippen molar-refractivity contribution < 1.29 is 24.2 Å². The third-order valence-corrected chi connectivity index (χ3v) is 4.68. The van der Waals surface area contributed by atoms with E-state index in [1.165, 1.54) is 14.2 Å². The van der Waals surface area contributed by atoms with Gasteiger partial charge in [-0.1, -0.05) is 30.3 Å². The summed E-state index contributed by atoms with van der Waals surface area (Å²) < 4.78 is 9.66. The van der Waals surface area contributed by atoms with Crippen molar-refractivity contribution >= 4 is 11.9 Å². The predicted molar refractivity (Wildman–Crippen MR) is 80.1 cm³/mol. The Balaban J connectivity index is 2.30. The molecule has 1 aromatic rings. The molecule has 0 saturated heterocycles. The van der Waals surface area contributed by atoms with Crippen molar-refractivity contribution in [2.75, 3.05) is 20.8 Å². The van der Waals surface area contributed by atoms with Crippen molar-refractivity contribution in [2.45, 2.75) is 25.2 Å². The first-order valence-corrected chi connectivity index (χ1v) is 7.41. The summed E-state index contributed by atoms with van der Waals surface area (Å²) in [6.45, 7) is -0.0880. The van der Waals surface area contributed by atoms with E-state index in [0.29, 0.717) is 12.8 Å². The third kappa shape index (κ3) is 2.86. The van der Waals surface area contributed by atoms with Gasteiger partial charge < -0.3 is 14.6 Å². The Morgan fingerprint density at radius 1 is 1.18 bits per heavy atom. The number of esters is 2. The second kappa shape index (κ2) is 6.92. The van der Waals surface area contributed by atoms with Gasteiger partial charge in [-0.25, -0.2) is 0 Å². The molecule has 2 atom stereocenters. The van der Waals surface area contributed by atoms with Gasteiger partial charge in [-0.15, -0.1) is 0 Å². The molecule has 22 heavy (non-hydrogen) atoms. The first kappa shape index (κ1) is 16.5. The number of ether oxygens (including phenoxy) is 2. The van der Waals surface area contributed by atoms with Crippen LogP contribution in [0.1, 0.15) is 30.7 Å². The Hall–Kier alpha value is -1.88. The van der Waals surface area contributed by atoms with Crippen LogP contribution in [0.15, 0.2) is 30.3 Å². The lowest BCUT2D eigenvalue weighted by Gasteiger charge is -2.40. The highest BCUT2D eigenvalue weighted by Gasteiger charge is 2.53. The van der Waals surface area contributed by atoms with Gasteiger partial charge in [0.2, 0.25) is 0 Å². The number of hydrogen-bond donors (Lipinski definition) is 1. The Morgan fingerprint density at radius 2 is 1.77 bits per heavy atom. The van der Waals surface area contributed by atoms with Crippen LogP contribution in [0.5, 0.6) is 0 Å². The molecule has 2 rings (SSSR count). The number of carbonyl (C=O) groups is 2. The fourth-order valence-electron chi connectivity index (χ4n) is 3.51. The van der Waals surface area contributed by atoms with Crippen LogP contribution < -0.4 is 0 Å². The number of aliphatic hydroxyl groups excluding tert-OH is 1. The van der Waals surface area contributed by atoms with Gasteiger partial charge in [0.05, 0.1) is 14.2 Å². The lowest BCUT2D eigenvalue weighted by Crippen LogP contribution is -2.47. The lowest BCUT2D eigenvalue weighted by molar-refractivity contribution is -0.174. The highest BCUT2D eigenvalue weighted by molar-refractivity contribution is 6.00. The number of aliphatic hydroxyl groups is 1. The molecule has 0 heterocycles. The molecular formula is C17H22O5. The minimum absolute atomic E-state index is 0.0880. The smallest absolute Gasteiger partial charge is 0.323 e. The number of methoxy groups -OCH3 is 2. The zero-order valence-electron chi connectivity index (χ0n) is 13.0. The molecular weight excluding hydrogens is 284 g/mol. The van der Waals surface area contributed by atoms with E-state index in [4.69, 9.17) is 9.47 Å². The van der Waals surface area contributed by atoms with E-state index in [9.17, 15) is 14.7 Å². The van der Waals surface area contributed by atoms with Crippen LogP contribution in [0.3, 0.4) is 0 Å². The number of benzene rings is 1. The highest BCUT2D eigenvalue weighted by Crippen LogP contribution is 2.47. The molecule has 1 aliphatic rings. The van der Waals surface area contributed by atoms with E-state index in [0.717, 1.165) is 5.56 Å². The summed E-state index contributed by atoms with van der Waals surface area (Å²) in [7, 11) is 2.54. The summed E-state index contributed by atoms with van der Waals surface area (Å²) in [6, 6.07) is 9.86. The highest BCUT2D eigenvalue weighted by atomic mass is 16.5. The standard InChI is InChI=1S/C17H22O5/c1-21-15(19)17(16(20)22-2)9-8-14(13(10-17)11-18)12-6-4-3-5-7-12/h3-7,13-14,18H,8-11H2,1-2H3/t13-,14-/m1/s1. The summed E-state index contributed by atoms with van der Waals surface area (Å²) in [5, 5.41) is 9.76. The zero-order valence-corrected chi connectivity index (χ0v) is 13.0. The van der Waals surface area contributed by atoms with Gasteiger partial charge in [-0.3, -0.25) is 9.59 Å². The second-order valence-corrected chi connectivity index (χ2v) is 5.77. The van der Waals surface area contributed by atoms with Crippen molar-refractivity contribution in [3.05, 3.63) is 35.9 Å². The Labute approximate surface area is 130 Å². The van der Waals surface area contributed by atoms with Gasteiger partial charge >= 0.3 is 11.9 Å². The van der Waals surface area contributed by atoms with E-state index in [2.05, 4.69) is 0 Å². The van der Waals surface area contributed by atoms with E-state index in [-0.39, 0.29) is 24.9 Å². The average Bonchev–Trinajstić information content (AvgIpc) is 2.60. The van der Waals surface area contributed by atoms with Crippen LogP contribution in [-0.2, 0) is 19.1 Å². The average molecular weight is 306 g/mol. The van der Waals surface area contributed by atoms with Crippen molar-refractivity contribution in [3.8, 4) is 0 Å². The van der Waals surface area contributed by atoms with Gasteiger partial charge in [0.25, 0.3) is 0 Å². The first-order chi connectivity index (χ1) is 10.6. The zero-order chi connectivity index (χ0) is 16.2. The number of rotatable bonds is 4. The van der Waals surface area contributed by atoms with Crippen LogP contribution in [0, 0.1) is 11.3 Å². The molecule has 1 saturated carbocycles. The largest absolute Gasteiger partial charge is 0.468 e. The summed E-state index contributed by atoms with van der Waals surface area (Å²) in [6.07, 6.45) is 1.23. The minimum atomic E-state index is -1.30. The topological polar surface area (TPSA) is 72.8 Å². The van der Waals surface area contributed by atoms with E-state index in [1.807, 2.05) is 30.3 Å². The molecule has 0 spiro atoms. The maximum atomic E-state index is 12.2. The molecule has 1 N–H and O–H groups in total. The summed E-state index contributed by atoms with van der Waals surface area (Å²) in [4.78, 5) is 24.4. The minimum Gasteiger partial charge on any atom is -0.468 e. The van der Waals surface area contributed by atoms with Gasteiger partial charge in [0, 0.05) is 6.61 Å². The molecule has 0 aromatic heterocycles. The lowest BCUT2D eigenvalue weighted by atomic mass is 9.63. The van der Waals surface area contributed by atoms with E-state index < -0.39 is 17.4 Å². The Bertz CT molecular complexity index is 509. The van der Waals surface area contributed by atoms with Crippen molar-refractivity contribution in [1.29, 1.82) is 0 Å². The van der Waals surface area contributed by atoms with Crippen molar-refractivity contribution in [2.24, 2.45) is 11.3 Å². The van der Waals surface area contributed by atoms with Crippen LogP contribution in [0.4, 0.5) is 0 Å². The van der Waals surface area contributed by atoms with Crippen LogP contribution >= 0.6 is 0 Å². The summed E-state index contributed by atoms with van der Waals surface area (Å²) in [5.74, 6) is -1.23. The van der Waals surface area contributed by atoms with Gasteiger partial charge in [0.15, 0.2) is 5.41 Å². The number of hydrogen-bond acceptors (Lipinski definition) is 5. The maximum absolute atomic E-state index is 12.2. The SMILES string of the molecule is COC(=O)C1(C(=O)OC)CC[C@H](c2ccccc2)[C@@H](CO)C1. The molecule has 0 unspecified atom stereocenters. The number of carbonyl (C=O) groups excluding carboxylic acids is 2. The van der Waals surface area contributed by atoms with Crippen LogP contribution in [0.2, 0.25) is 0 Å². The maximum Gasteiger partial charge on any atom is 0.323 e. The van der Waals surface area contributed by atoms with Gasteiger partial charge in [-0.2, -0.15) is 0 Å². The normalized spacial score (nSPS) is 23.6. The quantitative estimate of drug-likeness (QED) is 0.679. The first-order valence-electron chi connectivity index (χ1n) is 7.41.